The van der Waals surface area contributed by atoms with Gasteiger partial charge < -0.3 is 4.74 Å². The lowest BCUT2D eigenvalue weighted by Gasteiger charge is -2.08. The minimum atomic E-state index is -0.622. The van der Waals surface area contributed by atoms with Crippen LogP contribution >= 0.6 is 27.5 Å². The Bertz CT molecular complexity index is 345. The minimum Gasteiger partial charge on any atom is -0.468 e. The van der Waals surface area contributed by atoms with Crippen molar-refractivity contribution in [2.24, 2.45) is 0 Å². The SMILES string of the molecule is COC(=O)C(Cl)Cc1cc(C)cc(Br)c1. The molecular weight excluding hydrogens is 279 g/mol. The lowest BCUT2D eigenvalue weighted by molar-refractivity contribution is -0.140. The molecule has 0 aliphatic carbocycles. The normalized spacial score (nSPS) is 12.3. The first kappa shape index (κ1) is 12.5. The molecule has 4 heteroatoms. The third-order valence-electron chi connectivity index (χ3n) is 1.97. The van der Waals surface area contributed by atoms with Crippen molar-refractivity contribution in [1.82, 2.24) is 0 Å². The fraction of sp³-hybridized carbons (Fsp3) is 0.364. The average Bonchev–Trinajstić information content (AvgIpc) is 2.14. The van der Waals surface area contributed by atoms with Crippen molar-refractivity contribution in [2.75, 3.05) is 7.11 Å². The number of benzene rings is 1. The summed E-state index contributed by atoms with van der Waals surface area (Å²) in [5.41, 5.74) is 2.15. The Kier molecular flexibility index (Phi) is 4.61. The number of hydrogen-bond donors (Lipinski definition) is 0. The third-order valence-corrected chi connectivity index (χ3v) is 2.76. The second-order valence-corrected chi connectivity index (χ2v) is 4.77. The van der Waals surface area contributed by atoms with E-state index in [9.17, 15) is 4.79 Å². The van der Waals surface area contributed by atoms with Gasteiger partial charge in [0.1, 0.15) is 5.38 Å². The summed E-state index contributed by atoms with van der Waals surface area (Å²) in [7, 11) is 1.34. The highest BCUT2D eigenvalue weighted by Crippen LogP contribution is 2.18. The van der Waals surface area contributed by atoms with E-state index >= 15 is 0 Å². The maximum absolute atomic E-state index is 11.1. The fourth-order valence-electron chi connectivity index (χ4n) is 1.35. The van der Waals surface area contributed by atoms with Gasteiger partial charge in [-0.1, -0.05) is 22.0 Å². The summed E-state index contributed by atoms with van der Waals surface area (Å²) in [6.45, 7) is 2.00. The van der Waals surface area contributed by atoms with Gasteiger partial charge >= 0.3 is 5.97 Å². The van der Waals surface area contributed by atoms with Gasteiger partial charge in [-0.05, 0) is 36.6 Å². The van der Waals surface area contributed by atoms with Crippen LogP contribution in [0.3, 0.4) is 0 Å². The van der Waals surface area contributed by atoms with Crippen molar-refractivity contribution in [1.29, 1.82) is 0 Å². The monoisotopic (exact) mass is 290 g/mol. The number of methoxy groups -OCH3 is 1. The highest BCUT2D eigenvalue weighted by atomic mass is 79.9. The van der Waals surface area contributed by atoms with E-state index in [1.807, 2.05) is 25.1 Å². The zero-order valence-corrected chi connectivity index (χ0v) is 10.9. The molecule has 1 atom stereocenters. The zero-order valence-electron chi connectivity index (χ0n) is 8.59. The summed E-state index contributed by atoms with van der Waals surface area (Å²) in [4.78, 5) is 11.1. The van der Waals surface area contributed by atoms with Gasteiger partial charge in [-0.3, -0.25) is 4.79 Å². The molecule has 0 aliphatic rings. The zero-order chi connectivity index (χ0) is 11.4. The Morgan fingerprint density at radius 2 is 2.20 bits per heavy atom. The minimum absolute atomic E-state index is 0.394. The number of halogens is 2. The summed E-state index contributed by atoms with van der Waals surface area (Å²) in [6, 6.07) is 5.96. The van der Waals surface area contributed by atoms with Crippen LogP contribution in [0.5, 0.6) is 0 Å². The van der Waals surface area contributed by atoms with E-state index in [-0.39, 0.29) is 0 Å². The molecule has 0 radical (unpaired) electrons. The first-order valence-corrected chi connectivity index (χ1v) is 5.74. The maximum Gasteiger partial charge on any atom is 0.324 e. The van der Waals surface area contributed by atoms with Gasteiger partial charge in [0.15, 0.2) is 0 Å². The highest BCUT2D eigenvalue weighted by Gasteiger charge is 2.16. The summed E-state index contributed by atoms with van der Waals surface area (Å²) in [5.74, 6) is -0.394. The van der Waals surface area contributed by atoms with E-state index in [0.29, 0.717) is 6.42 Å². The Morgan fingerprint density at radius 1 is 1.53 bits per heavy atom. The molecular formula is C11H12BrClO2. The Hall–Kier alpha value is -0.540. The second kappa shape index (κ2) is 5.52. The van der Waals surface area contributed by atoms with Gasteiger partial charge in [-0.25, -0.2) is 0 Å². The third kappa shape index (κ3) is 3.84. The summed E-state index contributed by atoms with van der Waals surface area (Å²) in [6.07, 6.45) is 0.481. The molecule has 0 fully saturated rings. The summed E-state index contributed by atoms with van der Waals surface area (Å²) in [5, 5.41) is -0.622. The standard InChI is InChI=1S/C11H12BrClO2/c1-7-3-8(5-9(12)4-7)6-10(13)11(14)15-2/h3-5,10H,6H2,1-2H3. The van der Waals surface area contributed by atoms with Crippen LogP contribution in [0.25, 0.3) is 0 Å². The topological polar surface area (TPSA) is 26.3 Å². The van der Waals surface area contributed by atoms with Crippen LogP contribution < -0.4 is 0 Å². The summed E-state index contributed by atoms with van der Waals surface area (Å²) >= 11 is 9.28. The number of rotatable bonds is 3. The van der Waals surface area contributed by atoms with Gasteiger partial charge in [0.2, 0.25) is 0 Å². The van der Waals surface area contributed by atoms with Crippen molar-refractivity contribution in [3.8, 4) is 0 Å². The number of carbonyl (C=O) groups excluding carboxylic acids is 1. The van der Waals surface area contributed by atoms with Gasteiger partial charge in [-0.15, -0.1) is 11.6 Å². The number of alkyl halides is 1. The molecule has 0 heterocycles. The molecule has 0 aliphatic heterocycles. The Labute approximate surface area is 103 Å². The fourth-order valence-corrected chi connectivity index (χ4v) is 2.27. The van der Waals surface area contributed by atoms with E-state index in [1.165, 1.54) is 7.11 Å². The van der Waals surface area contributed by atoms with E-state index in [1.54, 1.807) is 0 Å². The molecule has 82 valence electrons. The molecule has 1 aromatic carbocycles. The maximum atomic E-state index is 11.1. The lowest BCUT2D eigenvalue weighted by Crippen LogP contribution is -2.18. The molecule has 0 bridgehead atoms. The molecule has 2 nitrogen and oxygen atoms in total. The molecule has 0 N–H and O–H groups in total. The molecule has 0 spiro atoms. The van der Waals surface area contributed by atoms with Crippen LogP contribution in [-0.4, -0.2) is 18.5 Å². The predicted octanol–water partition coefficient (Wildman–Crippen LogP) is 3.08. The predicted molar refractivity (Wildman–Crippen MR) is 64.2 cm³/mol. The quantitative estimate of drug-likeness (QED) is 0.632. The van der Waals surface area contributed by atoms with E-state index < -0.39 is 11.3 Å². The van der Waals surface area contributed by atoms with E-state index in [0.717, 1.165) is 15.6 Å². The van der Waals surface area contributed by atoms with Crippen LogP contribution in [0.4, 0.5) is 0 Å². The van der Waals surface area contributed by atoms with E-state index in [2.05, 4.69) is 20.7 Å². The molecule has 0 amide bonds. The molecule has 0 saturated carbocycles. The van der Waals surface area contributed by atoms with Crippen molar-refractivity contribution in [3.63, 3.8) is 0 Å². The molecule has 0 aromatic heterocycles. The van der Waals surface area contributed by atoms with Gasteiger partial charge in [0.05, 0.1) is 7.11 Å². The summed E-state index contributed by atoms with van der Waals surface area (Å²) < 4.78 is 5.55. The highest BCUT2D eigenvalue weighted by molar-refractivity contribution is 9.10. The van der Waals surface area contributed by atoms with Crippen LogP contribution in [0.1, 0.15) is 11.1 Å². The van der Waals surface area contributed by atoms with Crippen molar-refractivity contribution < 1.29 is 9.53 Å². The average molecular weight is 292 g/mol. The number of esters is 1. The lowest BCUT2D eigenvalue weighted by atomic mass is 10.1. The Balaban J connectivity index is 2.76. The molecule has 1 rings (SSSR count). The molecule has 15 heavy (non-hydrogen) atoms. The first-order chi connectivity index (χ1) is 7.02. The second-order valence-electron chi connectivity index (χ2n) is 3.33. The number of ether oxygens (including phenoxy) is 1. The van der Waals surface area contributed by atoms with Crippen LogP contribution in [0.15, 0.2) is 22.7 Å². The van der Waals surface area contributed by atoms with E-state index in [4.69, 9.17) is 11.6 Å². The van der Waals surface area contributed by atoms with Crippen LogP contribution in [-0.2, 0) is 16.0 Å². The van der Waals surface area contributed by atoms with Crippen molar-refractivity contribution in [2.45, 2.75) is 18.7 Å². The first-order valence-electron chi connectivity index (χ1n) is 4.51. The largest absolute Gasteiger partial charge is 0.468 e. The van der Waals surface area contributed by atoms with Crippen LogP contribution in [0.2, 0.25) is 0 Å². The smallest absolute Gasteiger partial charge is 0.324 e. The molecule has 0 saturated heterocycles. The molecule has 1 aromatic rings. The van der Waals surface area contributed by atoms with Gasteiger partial charge in [-0.2, -0.15) is 0 Å². The van der Waals surface area contributed by atoms with Crippen LogP contribution in [0, 0.1) is 6.92 Å². The Morgan fingerprint density at radius 3 is 2.73 bits per heavy atom. The number of carbonyl (C=O) groups is 1. The molecule has 1 unspecified atom stereocenters. The van der Waals surface area contributed by atoms with Gasteiger partial charge in [0.25, 0.3) is 0 Å². The number of hydrogen-bond acceptors (Lipinski definition) is 2. The van der Waals surface area contributed by atoms with Crippen molar-refractivity contribution >= 4 is 33.5 Å². The van der Waals surface area contributed by atoms with Crippen molar-refractivity contribution in [3.05, 3.63) is 33.8 Å². The number of aryl methyl sites for hydroxylation is 1. The van der Waals surface area contributed by atoms with Gasteiger partial charge in [0, 0.05) is 4.47 Å².